The molecule has 1 heterocycles. The summed E-state index contributed by atoms with van der Waals surface area (Å²) in [6.07, 6.45) is 0.618. The third-order valence-corrected chi connectivity index (χ3v) is 3.44. The summed E-state index contributed by atoms with van der Waals surface area (Å²) in [7, 11) is 1.74. The highest BCUT2D eigenvalue weighted by atomic mass is 32.1. The van der Waals surface area contributed by atoms with Gasteiger partial charge in [-0.1, -0.05) is 26.1 Å². The van der Waals surface area contributed by atoms with E-state index in [1.54, 1.807) is 18.5 Å². The predicted octanol–water partition coefficient (Wildman–Crippen LogP) is 2.23. The molecule has 0 unspecified atom stereocenters. The van der Waals surface area contributed by atoms with Crippen LogP contribution in [0.25, 0.3) is 0 Å². The zero-order valence-corrected chi connectivity index (χ0v) is 11.9. The van der Waals surface area contributed by atoms with Crippen LogP contribution in [0, 0.1) is 28.8 Å². The number of hydrogen-bond donors (Lipinski definition) is 1. The Morgan fingerprint density at radius 3 is 2.50 bits per heavy atom. The molecule has 18 heavy (non-hydrogen) atoms. The molecule has 0 aliphatic rings. The third kappa shape index (κ3) is 2.44. The summed E-state index contributed by atoms with van der Waals surface area (Å²) in [5.41, 5.74) is 7.65. The second-order valence-corrected chi connectivity index (χ2v) is 5.14. The quantitative estimate of drug-likeness (QED) is 0.850. The van der Waals surface area contributed by atoms with Crippen LogP contribution in [-0.4, -0.2) is 10.5 Å². The molecule has 1 rings (SSSR count). The van der Waals surface area contributed by atoms with E-state index < -0.39 is 5.91 Å². The Labute approximate surface area is 112 Å². The van der Waals surface area contributed by atoms with Crippen LogP contribution in [0.3, 0.4) is 0 Å². The van der Waals surface area contributed by atoms with Gasteiger partial charge in [-0.3, -0.25) is 4.79 Å². The Bertz CT molecular complexity index is 594. The molecule has 0 saturated heterocycles. The largest absolute Gasteiger partial charge is 0.366 e. The molecule has 96 valence electrons. The Hall–Kier alpha value is -1.67. The number of carbonyl (C=O) groups is 1. The van der Waals surface area contributed by atoms with Crippen molar-refractivity contribution in [3.8, 4) is 6.07 Å². The molecule has 0 fully saturated rings. The van der Waals surface area contributed by atoms with Crippen molar-refractivity contribution >= 4 is 18.1 Å². The van der Waals surface area contributed by atoms with Crippen molar-refractivity contribution in [1.82, 2.24) is 4.57 Å². The second kappa shape index (κ2) is 5.32. The minimum absolute atomic E-state index is 0.316. The fourth-order valence-corrected chi connectivity index (χ4v) is 2.32. The minimum Gasteiger partial charge on any atom is -0.366 e. The fraction of sp³-hybridized carbons (Fsp3) is 0.462. The molecular weight excluding hydrogens is 246 g/mol. The average molecular weight is 263 g/mol. The van der Waals surface area contributed by atoms with Gasteiger partial charge < -0.3 is 10.3 Å². The number of hydrogen-bond acceptors (Lipinski definition) is 3. The summed E-state index contributed by atoms with van der Waals surface area (Å²) in [5.74, 6) is -0.193. The maximum atomic E-state index is 11.6. The molecular formula is C13H17N3OS. The van der Waals surface area contributed by atoms with Gasteiger partial charge in [0.2, 0.25) is 0 Å². The first kappa shape index (κ1) is 14.4. The molecule has 1 amide bonds. The van der Waals surface area contributed by atoms with Crippen LogP contribution in [0.15, 0.2) is 0 Å². The van der Waals surface area contributed by atoms with Crippen LogP contribution in [0.4, 0.5) is 0 Å². The van der Waals surface area contributed by atoms with Crippen LogP contribution in [0.5, 0.6) is 0 Å². The molecule has 0 bridgehead atoms. The molecule has 0 atom stereocenters. The molecule has 0 radical (unpaired) electrons. The number of nitrogens with two attached hydrogens (primary N) is 1. The first-order valence-electron chi connectivity index (χ1n) is 5.73. The third-order valence-electron chi connectivity index (χ3n) is 2.96. The van der Waals surface area contributed by atoms with Gasteiger partial charge in [-0.05, 0) is 24.8 Å². The second-order valence-electron chi connectivity index (χ2n) is 4.75. The number of nitriles is 1. The Morgan fingerprint density at radius 1 is 1.56 bits per heavy atom. The highest BCUT2D eigenvalue weighted by molar-refractivity contribution is 7.71. The van der Waals surface area contributed by atoms with E-state index in [9.17, 15) is 10.1 Å². The lowest BCUT2D eigenvalue weighted by Crippen LogP contribution is -2.21. The summed E-state index contributed by atoms with van der Waals surface area (Å²) >= 11 is 5.25. The molecule has 1 aromatic heterocycles. The number of amides is 1. The molecule has 5 heteroatoms. The van der Waals surface area contributed by atoms with Gasteiger partial charge in [0.15, 0.2) is 0 Å². The van der Waals surface area contributed by atoms with Gasteiger partial charge in [-0.15, -0.1) is 0 Å². The number of aromatic nitrogens is 1. The van der Waals surface area contributed by atoms with Crippen LogP contribution < -0.4 is 5.73 Å². The van der Waals surface area contributed by atoms with E-state index in [4.69, 9.17) is 18.0 Å². The Balaban J connectivity index is 3.79. The molecule has 0 aliphatic heterocycles. The van der Waals surface area contributed by atoms with Crippen LogP contribution in [0.1, 0.15) is 41.0 Å². The number of nitrogens with zero attached hydrogens (tertiary/aromatic N) is 2. The molecule has 0 saturated carbocycles. The van der Waals surface area contributed by atoms with Crippen LogP contribution in [-0.2, 0) is 13.5 Å². The maximum absolute atomic E-state index is 11.6. The average Bonchev–Trinajstić information content (AvgIpc) is 2.25. The van der Waals surface area contributed by atoms with Gasteiger partial charge in [-0.25, -0.2) is 0 Å². The summed E-state index contributed by atoms with van der Waals surface area (Å²) in [5, 5.41) is 9.25. The fourth-order valence-electron chi connectivity index (χ4n) is 2.01. The normalized spacial score (nSPS) is 10.4. The molecule has 0 aliphatic carbocycles. The van der Waals surface area contributed by atoms with Crippen molar-refractivity contribution in [2.75, 3.05) is 0 Å². The lowest BCUT2D eigenvalue weighted by molar-refractivity contribution is 0.0997. The number of pyridine rings is 1. The SMILES string of the molecule is Cc1c(C(N)=O)c(CC(C)C)c(C#N)c(=S)n1C. The topological polar surface area (TPSA) is 71.8 Å². The molecule has 2 N–H and O–H groups in total. The van der Waals surface area contributed by atoms with Crippen LogP contribution in [0.2, 0.25) is 0 Å². The van der Waals surface area contributed by atoms with E-state index >= 15 is 0 Å². The van der Waals surface area contributed by atoms with Crippen molar-refractivity contribution in [3.63, 3.8) is 0 Å². The van der Waals surface area contributed by atoms with E-state index in [1.807, 2.05) is 13.8 Å². The molecule has 0 aromatic carbocycles. The maximum Gasteiger partial charge on any atom is 0.250 e. The highest BCUT2D eigenvalue weighted by Crippen LogP contribution is 2.22. The first-order valence-corrected chi connectivity index (χ1v) is 6.14. The monoisotopic (exact) mass is 263 g/mol. The standard InChI is InChI=1S/C13H17N3OS/c1-7(2)5-9-10(6-14)13(18)16(4)8(3)11(9)12(15)17/h7H,5H2,1-4H3,(H2,15,17). The summed E-state index contributed by atoms with van der Waals surface area (Å²) in [6, 6.07) is 2.10. The van der Waals surface area contributed by atoms with Gasteiger partial charge in [-0.2, -0.15) is 5.26 Å². The van der Waals surface area contributed by atoms with Gasteiger partial charge in [0.25, 0.3) is 5.91 Å². The summed E-state index contributed by atoms with van der Waals surface area (Å²) in [6.45, 7) is 5.84. The molecule has 4 nitrogen and oxygen atoms in total. The zero-order valence-electron chi connectivity index (χ0n) is 11.1. The van der Waals surface area contributed by atoms with E-state index in [-0.39, 0.29) is 0 Å². The van der Waals surface area contributed by atoms with E-state index in [0.717, 1.165) is 0 Å². The van der Waals surface area contributed by atoms with Gasteiger partial charge in [0.1, 0.15) is 10.7 Å². The minimum atomic E-state index is -0.509. The van der Waals surface area contributed by atoms with E-state index in [0.29, 0.717) is 39.4 Å². The predicted molar refractivity (Wildman–Crippen MR) is 72.8 cm³/mol. The van der Waals surface area contributed by atoms with Crippen molar-refractivity contribution in [3.05, 3.63) is 27.0 Å². The van der Waals surface area contributed by atoms with Crippen molar-refractivity contribution in [2.45, 2.75) is 27.2 Å². The lowest BCUT2D eigenvalue weighted by atomic mass is 9.93. The van der Waals surface area contributed by atoms with Crippen molar-refractivity contribution < 1.29 is 4.79 Å². The van der Waals surface area contributed by atoms with Gasteiger partial charge in [0.05, 0.1) is 11.1 Å². The lowest BCUT2D eigenvalue weighted by Gasteiger charge is -2.17. The first-order chi connectivity index (χ1) is 8.31. The number of carbonyl (C=O) groups excluding carboxylic acids is 1. The number of primary amides is 1. The highest BCUT2D eigenvalue weighted by Gasteiger charge is 2.20. The Kier molecular flexibility index (Phi) is 4.25. The molecule has 1 aromatic rings. The summed E-state index contributed by atoms with van der Waals surface area (Å²) in [4.78, 5) is 11.6. The van der Waals surface area contributed by atoms with Gasteiger partial charge >= 0.3 is 0 Å². The Morgan fingerprint density at radius 2 is 2.11 bits per heavy atom. The van der Waals surface area contributed by atoms with E-state index in [1.165, 1.54) is 0 Å². The molecule has 0 spiro atoms. The smallest absolute Gasteiger partial charge is 0.250 e. The summed E-state index contributed by atoms with van der Waals surface area (Å²) < 4.78 is 2.12. The van der Waals surface area contributed by atoms with Gasteiger partial charge in [0, 0.05) is 12.7 Å². The van der Waals surface area contributed by atoms with Crippen molar-refractivity contribution in [2.24, 2.45) is 18.7 Å². The van der Waals surface area contributed by atoms with Crippen molar-refractivity contribution in [1.29, 1.82) is 5.26 Å². The van der Waals surface area contributed by atoms with Crippen LogP contribution >= 0.6 is 12.2 Å². The number of rotatable bonds is 3. The van der Waals surface area contributed by atoms with E-state index in [2.05, 4.69) is 6.07 Å². The zero-order chi connectivity index (χ0) is 14.0.